The number of likely N-dealkylation sites (N-methyl/N-ethyl adjacent to an activating group) is 1. The molecule has 0 spiro atoms. The molecule has 2 amide bonds. The summed E-state index contributed by atoms with van der Waals surface area (Å²) in [7, 11) is -2.21. The van der Waals surface area contributed by atoms with Crippen LogP contribution in [0.1, 0.15) is 66.3 Å². The molecule has 0 unspecified atom stereocenters. The Balaban J connectivity index is 1.66. The van der Waals surface area contributed by atoms with Gasteiger partial charge in [0.1, 0.15) is 5.75 Å². The van der Waals surface area contributed by atoms with Crippen molar-refractivity contribution < 1.29 is 32.6 Å². The first-order valence-electron chi connectivity index (χ1n) is 16.0. The third-order valence-electron chi connectivity index (χ3n) is 8.36. The van der Waals surface area contributed by atoms with E-state index < -0.39 is 28.1 Å². The average molecular weight is 667 g/mol. The van der Waals surface area contributed by atoms with Crippen LogP contribution in [-0.2, 0) is 14.8 Å². The number of carbonyl (C=O) groups excluding carboxylic acids is 2. The van der Waals surface area contributed by atoms with Crippen LogP contribution in [0, 0.1) is 12.8 Å². The summed E-state index contributed by atoms with van der Waals surface area (Å²) in [6, 6.07) is 13.9. The summed E-state index contributed by atoms with van der Waals surface area (Å²) in [5.74, 6) is -0.500. The molecule has 2 N–H and O–H groups in total. The van der Waals surface area contributed by atoms with E-state index in [2.05, 4.69) is 9.71 Å². The van der Waals surface area contributed by atoms with Crippen molar-refractivity contribution >= 4 is 27.5 Å². The van der Waals surface area contributed by atoms with Gasteiger partial charge in [-0.2, -0.15) is 0 Å². The maximum atomic E-state index is 14.4. The molecule has 1 aliphatic heterocycles. The van der Waals surface area contributed by atoms with Crippen molar-refractivity contribution in [1.82, 2.24) is 14.8 Å². The van der Waals surface area contributed by atoms with E-state index in [-0.39, 0.29) is 47.2 Å². The molecule has 0 aliphatic carbocycles. The molecule has 12 heteroatoms. The lowest BCUT2D eigenvalue weighted by Gasteiger charge is -2.36. The summed E-state index contributed by atoms with van der Waals surface area (Å²) in [6.07, 6.45) is 4.81. The summed E-state index contributed by atoms with van der Waals surface area (Å²) in [5.41, 5.74) is 1.82. The topological polar surface area (TPSA) is 138 Å². The number of aliphatic hydroxyl groups excluding tert-OH is 1. The number of sulfonamides is 1. The minimum Gasteiger partial charge on any atom is -0.490 e. The average Bonchev–Trinajstić information content (AvgIpc) is 3.06. The first kappa shape index (κ1) is 35.8. The van der Waals surface area contributed by atoms with E-state index in [1.54, 1.807) is 72.6 Å². The van der Waals surface area contributed by atoms with Gasteiger partial charge in [0.05, 0.1) is 35.3 Å². The SMILES string of the molecule is Cc1ccc(S(=O)(=O)Nc2ccc3c(c2)C(=O)N([C@@H](C)CO)C[C@@H](C)[C@@H](CN(C)C(=O)c2ccncc2)OCCCC[C@@H](C)O3)cc1. The number of fused-ring (bicyclic) bond motifs is 1. The maximum absolute atomic E-state index is 14.4. The number of aliphatic hydroxyl groups is 1. The summed E-state index contributed by atoms with van der Waals surface area (Å²) in [4.78, 5) is 34.8. The Hall–Kier alpha value is -4.00. The molecular weight excluding hydrogens is 620 g/mol. The molecule has 2 aromatic carbocycles. The van der Waals surface area contributed by atoms with Crippen molar-refractivity contribution in [2.75, 3.05) is 38.1 Å². The molecule has 0 saturated heterocycles. The number of benzene rings is 2. The van der Waals surface area contributed by atoms with Crippen LogP contribution in [0.15, 0.2) is 71.9 Å². The minimum atomic E-state index is -3.93. The minimum absolute atomic E-state index is 0.0992. The molecular formula is C35H46N4O7S. The molecule has 11 nitrogen and oxygen atoms in total. The molecule has 254 valence electrons. The molecule has 47 heavy (non-hydrogen) atoms. The molecule has 4 atom stereocenters. The zero-order valence-corrected chi connectivity index (χ0v) is 28.6. The highest BCUT2D eigenvalue weighted by Crippen LogP contribution is 2.29. The van der Waals surface area contributed by atoms with Crippen molar-refractivity contribution in [2.45, 2.75) is 70.1 Å². The van der Waals surface area contributed by atoms with Gasteiger partial charge in [0.2, 0.25) is 0 Å². The number of pyridine rings is 1. The first-order chi connectivity index (χ1) is 22.4. The van der Waals surface area contributed by atoms with Gasteiger partial charge in [0.15, 0.2) is 0 Å². The number of anilines is 1. The van der Waals surface area contributed by atoms with E-state index >= 15 is 0 Å². The van der Waals surface area contributed by atoms with Crippen LogP contribution < -0.4 is 9.46 Å². The number of carbonyl (C=O) groups is 2. The molecule has 1 aliphatic rings. The fourth-order valence-electron chi connectivity index (χ4n) is 5.45. The quantitative estimate of drug-likeness (QED) is 0.351. The molecule has 0 radical (unpaired) electrons. The van der Waals surface area contributed by atoms with Gasteiger partial charge in [-0.3, -0.25) is 19.3 Å². The number of hydrogen-bond acceptors (Lipinski definition) is 8. The number of rotatable bonds is 8. The molecule has 2 heterocycles. The summed E-state index contributed by atoms with van der Waals surface area (Å²) in [5, 5.41) is 10.2. The number of aryl methyl sites for hydroxylation is 1. The molecule has 3 aromatic rings. The van der Waals surface area contributed by atoms with Crippen molar-refractivity contribution in [1.29, 1.82) is 0 Å². The molecule has 0 saturated carbocycles. The highest BCUT2D eigenvalue weighted by atomic mass is 32.2. The molecule has 0 fully saturated rings. The summed E-state index contributed by atoms with van der Waals surface area (Å²) in [6.45, 7) is 8.18. The molecule has 4 rings (SSSR count). The number of ether oxygens (including phenoxy) is 2. The van der Waals surface area contributed by atoms with Gasteiger partial charge in [0, 0.05) is 56.3 Å². The van der Waals surface area contributed by atoms with Gasteiger partial charge < -0.3 is 24.4 Å². The Morgan fingerprint density at radius 3 is 2.49 bits per heavy atom. The van der Waals surface area contributed by atoms with E-state index in [0.29, 0.717) is 30.9 Å². The van der Waals surface area contributed by atoms with Gasteiger partial charge in [0.25, 0.3) is 21.8 Å². The van der Waals surface area contributed by atoms with Gasteiger partial charge in [-0.25, -0.2) is 8.42 Å². The Morgan fingerprint density at radius 1 is 1.11 bits per heavy atom. The fourth-order valence-corrected chi connectivity index (χ4v) is 6.50. The highest BCUT2D eigenvalue weighted by Gasteiger charge is 2.31. The molecule has 0 bridgehead atoms. The summed E-state index contributed by atoms with van der Waals surface area (Å²) >= 11 is 0. The van der Waals surface area contributed by atoms with Crippen LogP contribution in [0.2, 0.25) is 0 Å². The van der Waals surface area contributed by atoms with Crippen molar-refractivity contribution in [3.63, 3.8) is 0 Å². The lowest BCUT2D eigenvalue weighted by molar-refractivity contribution is -0.0149. The van der Waals surface area contributed by atoms with Gasteiger partial charge in [-0.15, -0.1) is 0 Å². The van der Waals surface area contributed by atoms with Gasteiger partial charge >= 0.3 is 0 Å². The number of aromatic nitrogens is 1. The lowest BCUT2D eigenvalue weighted by atomic mass is 10.0. The Labute approximate surface area is 278 Å². The maximum Gasteiger partial charge on any atom is 0.261 e. The first-order valence-corrected chi connectivity index (χ1v) is 17.5. The standard InChI is InChI=1S/C35H46N4O7S/c1-24-9-12-30(13-10-24)47(43,44)37-29-11-14-32-31(20-29)35(42)39(26(3)23-40)21-25(2)33(45-19-7-6-8-27(4)46-32)22-38(5)34(41)28-15-17-36-18-16-28/h9-18,20,25-27,33,37,40H,6-8,19,21-23H2,1-5H3/t25-,26+,27-,33-/m1/s1. The fraction of sp³-hybridized carbons (Fsp3) is 0.457. The second-order valence-corrected chi connectivity index (χ2v) is 14.0. The van der Waals surface area contributed by atoms with Crippen LogP contribution in [0.4, 0.5) is 5.69 Å². The van der Waals surface area contributed by atoms with Crippen molar-refractivity contribution in [3.8, 4) is 5.75 Å². The number of amides is 2. The smallest absolute Gasteiger partial charge is 0.261 e. The third-order valence-corrected chi connectivity index (χ3v) is 9.76. The lowest BCUT2D eigenvalue weighted by Crippen LogP contribution is -2.48. The van der Waals surface area contributed by atoms with E-state index in [1.165, 1.54) is 18.2 Å². The van der Waals surface area contributed by atoms with Crippen molar-refractivity contribution in [3.05, 3.63) is 83.7 Å². The second-order valence-electron chi connectivity index (χ2n) is 12.4. The molecule has 1 aromatic heterocycles. The highest BCUT2D eigenvalue weighted by molar-refractivity contribution is 7.92. The predicted molar refractivity (Wildman–Crippen MR) is 180 cm³/mol. The zero-order valence-electron chi connectivity index (χ0n) is 27.8. The Bertz CT molecular complexity index is 1600. The van der Waals surface area contributed by atoms with E-state index in [4.69, 9.17) is 9.47 Å². The second kappa shape index (κ2) is 16.2. The number of hydrogen-bond donors (Lipinski definition) is 2. The predicted octanol–water partition coefficient (Wildman–Crippen LogP) is 4.76. The van der Waals surface area contributed by atoms with Crippen LogP contribution in [0.25, 0.3) is 0 Å². The van der Waals surface area contributed by atoms with Crippen LogP contribution >= 0.6 is 0 Å². The Kier molecular flexibility index (Phi) is 12.4. The van der Waals surface area contributed by atoms with Gasteiger partial charge in [-0.05, 0) is 82.5 Å². The number of nitrogens with zero attached hydrogens (tertiary/aromatic N) is 3. The Morgan fingerprint density at radius 2 is 1.81 bits per heavy atom. The van der Waals surface area contributed by atoms with E-state index in [1.807, 2.05) is 20.8 Å². The van der Waals surface area contributed by atoms with E-state index in [9.17, 15) is 23.1 Å². The normalized spacial score (nSPS) is 20.3. The monoisotopic (exact) mass is 666 g/mol. The summed E-state index contributed by atoms with van der Waals surface area (Å²) < 4.78 is 41.6. The van der Waals surface area contributed by atoms with Crippen LogP contribution in [0.3, 0.4) is 0 Å². The van der Waals surface area contributed by atoms with Gasteiger partial charge in [-0.1, -0.05) is 24.6 Å². The van der Waals surface area contributed by atoms with Crippen LogP contribution in [-0.4, -0.2) is 91.7 Å². The largest absolute Gasteiger partial charge is 0.490 e. The zero-order chi connectivity index (χ0) is 34.1. The van der Waals surface area contributed by atoms with Crippen molar-refractivity contribution in [2.24, 2.45) is 5.92 Å². The third kappa shape index (κ3) is 9.52. The van der Waals surface area contributed by atoms with Crippen LogP contribution in [0.5, 0.6) is 5.75 Å². The number of nitrogens with one attached hydrogen (secondary N) is 1. The van der Waals surface area contributed by atoms with E-state index in [0.717, 1.165) is 18.4 Å².